The number of nitrogens with two attached hydrogens (primary N) is 1. The fourth-order valence-electron chi connectivity index (χ4n) is 1.09. The number of anilines is 1. The summed E-state index contributed by atoms with van der Waals surface area (Å²) in [5.74, 6) is 0.272. The van der Waals surface area contributed by atoms with Crippen molar-refractivity contribution in [3.63, 3.8) is 0 Å². The van der Waals surface area contributed by atoms with Crippen LogP contribution >= 0.6 is 11.3 Å². The molecule has 6 nitrogen and oxygen atoms in total. The molecular weight excluding hydrogens is 216 g/mol. The minimum Gasteiger partial charge on any atom is -0.382 e. The Balaban J connectivity index is 2.46. The Kier molecular flexibility index (Phi) is 2.30. The van der Waals surface area contributed by atoms with Gasteiger partial charge < -0.3 is 5.73 Å². The topological polar surface area (TPSA) is 94.9 Å². The standard InChI is InChI=1S/C8H6N4O2S/c9-8-7(10-3-4-11-8)5-1-2-6(15-5)12(13)14/h1-4H,(H2,9,11). The first-order valence-electron chi connectivity index (χ1n) is 3.99. The van der Waals surface area contributed by atoms with Crippen LogP contribution in [0.2, 0.25) is 0 Å². The molecule has 2 N–H and O–H groups in total. The molecule has 0 unspecified atom stereocenters. The lowest BCUT2D eigenvalue weighted by Crippen LogP contribution is -1.94. The lowest BCUT2D eigenvalue weighted by Gasteiger charge is -1.97. The zero-order chi connectivity index (χ0) is 10.8. The van der Waals surface area contributed by atoms with Crippen LogP contribution in [0.1, 0.15) is 0 Å². The Morgan fingerprint density at radius 3 is 2.67 bits per heavy atom. The summed E-state index contributed by atoms with van der Waals surface area (Å²) >= 11 is 1.03. The van der Waals surface area contributed by atoms with Gasteiger partial charge in [-0.3, -0.25) is 10.1 Å². The predicted molar refractivity (Wildman–Crippen MR) is 56.4 cm³/mol. The largest absolute Gasteiger partial charge is 0.382 e. The molecule has 0 spiro atoms. The van der Waals surface area contributed by atoms with Gasteiger partial charge in [0, 0.05) is 18.5 Å². The van der Waals surface area contributed by atoms with Gasteiger partial charge in [0.1, 0.15) is 5.69 Å². The second-order valence-corrected chi connectivity index (χ2v) is 3.75. The summed E-state index contributed by atoms with van der Waals surface area (Å²) in [4.78, 5) is 18.6. The summed E-state index contributed by atoms with van der Waals surface area (Å²) < 4.78 is 0. The van der Waals surface area contributed by atoms with E-state index >= 15 is 0 Å². The van der Waals surface area contributed by atoms with E-state index in [4.69, 9.17) is 5.73 Å². The summed E-state index contributed by atoms with van der Waals surface area (Å²) in [5.41, 5.74) is 6.08. The van der Waals surface area contributed by atoms with Gasteiger partial charge in [0.05, 0.1) is 9.80 Å². The molecule has 0 fully saturated rings. The molecule has 0 saturated heterocycles. The maximum Gasteiger partial charge on any atom is 0.324 e. The molecule has 15 heavy (non-hydrogen) atoms. The number of hydrogen-bond donors (Lipinski definition) is 1. The van der Waals surface area contributed by atoms with Gasteiger partial charge in [-0.15, -0.1) is 0 Å². The molecule has 2 aromatic heterocycles. The van der Waals surface area contributed by atoms with Crippen molar-refractivity contribution in [3.05, 3.63) is 34.6 Å². The Labute approximate surface area is 88.6 Å². The minimum absolute atomic E-state index is 0.0649. The zero-order valence-corrected chi connectivity index (χ0v) is 8.27. The molecule has 2 heterocycles. The molecule has 2 rings (SSSR count). The van der Waals surface area contributed by atoms with Crippen LogP contribution < -0.4 is 5.73 Å². The molecule has 2 aromatic rings. The molecule has 7 heteroatoms. The molecule has 76 valence electrons. The normalized spacial score (nSPS) is 10.1. The van der Waals surface area contributed by atoms with E-state index in [-0.39, 0.29) is 10.8 Å². The summed E-state index contributed by atoms with van der Waals surface area (Å²) in [6.45, 7) is 0. The van der Waals surface area contributed by atoms with E-state index in [0.717, 1.165) is 11.3 Å². The number of hydrogen-bond acceptors (Lipinski definition) is 6. The van der Waals surface area contributed by atoms with Gasteiger partial charge in [-0.05, 0) is 6.07 Å². The third-order valence-corrected chi connectivity index (χ3v) is 2.78. The number of nitrogen functional groups attached to an aromatic ring is 1. The van der Waals surface area contributed by atoms with Crippen molar-refractivity contribution in [2.24, 2.45) is 0 Å². The minimum atomic E-state index is -0.444. The zero-order valence-electron chi connectivity index (χ0n) is 7.45. The van der Waals surface area contributed by atoms with Gasteiger partial charge in [-0.1, -0.05) is 11.3 Å². The lowest BCUT2D eigenvalue weighted by molar-refractivity contribution is -0.380. The summed E-state index contributed by atoms with van der Waals surface area (Å²) in [6.07, 6.45) is 2.97. The third kappa shape index (κ3) is 1.77. The fraction of sp³-hybridized carbons (Fsp3) is 0. The van der Waals surface area contributed by atoms with Crippen molar-refractivity contribution < 1.29 is 4.92 Å². The van der Waals surface area contributed by atoms with Gasteiger partial charge in [0.2, 0.25) is 0 Å². The van der Waals surface area contributed by atoms with Gasteiger partial charge in [0.25, 0.3) is 0 Å². The molecule has 0 aliphatic carbocycles. The molecule has 0 aliphatic heterocycles. The quantitative estimate of drug-likeness (QED) is 0.616. The Morgan fingerprint density at radius 2 is 2.07 bits per heavy atom. The Hall–Kier alpha value is -2.02. The van der Waals surface area contributed by atoms with Crippen molar-refractivity contribution in [1.82, 2.24) is 9.97 Å². The number of nitrogens with zero attached hydrogens (tertiary/aromatic N) is 3. The van der Waals surface area contributed by atoms with Crippen LogP contribution in [0.15, 0.2) is 24.5 Å². The van der Waals surface area contributed by atoms with Crippen molar-refractivity contribution in [2.75, 3.05) is 5.73 Å². The van der Waals surface area contributed by atoms with Gasteiger partial charge in [-0.25, -0.2) is 9.97 Å². The smallest absolute Gasteiger partial charge is 0.324 e. The van der Waals surface area contributed by atoms with Crippen molar-refractivity contribution >= 4 is 22.2 Å². The summed E-state index contributed by atoms with van der Waals surface area (Å²) in [5, 5.41) is 10.5. The monoisotopic (exact) mass is 222 g/mol. The maximum atomic E-state index is 10.5. The summed E-state index contributed by atoms with van der Waals surface area (Å²) in [6, 6.07) is 3.04. The first-order valence-corrected chi connectivity index (χ1v) is 4.81. The van der Waals surface area contributed by atoms with E-state index in [1.165, 1.54) is 18.5 Å². The molecular formula is C8H6N4O2S. The molecule has 0 atom stereocenters. The second kappa shape index (κ2) is 3.62. The molecule has 0 aliphatic rings. The van der Waals surface area contributed by atoms with Crippen LogP contribution in [0, 0.1) is 10.1 Å². The van der Waals surface area contributed by atoms with Crippen LogP contribution in [0.25, 0.3) is 10.6 Å². The number of nitro groups is 1. The average molecular weight is 222 g/mol. The van der Waals surface area contributed by atoms with Crippen LogP contribution in [0.4, 0.5) is 10.8 Å². The number of rotatable bonds is 2. The first-order chi connectivity index (χ1) is 7.18. The van der Waals surface area contributed by atoms with Crippen molar-refractivity contribution in [1.29, 1.82) is 0 Å². The molecule has 0 amide bonds. The fourth-order valence-corrected chi connectivity index (χ4v) is 1.92. The molecule has 0 saturated carbocycles. The third-order valence-electron chi connectivity index (χ3n) is 1.73. The van der Waals surface area contributed by atoms with Gasteiger partial charge in [-0.2, -0.15) is 0 Å². The van der Waals surface area contributed by atoms with Crippen molar-refractivity contribution in [2.45, 2.75) is 0 Å². The second-order valence-electron chi connectivity index (χ2n) is 2.69. The van der Waals surface area contributed by atoms with Crippen molar-refractivity contribution in [3.8, 4) is 10.6 Å². The number of thiophene rings is 1. The molecule has 0 aromatic carbocycles. The van der Waals surface area contributed by atoms with Crippen LogP contribution in [-0.2, 0) is 0 Å². The van der Waals surface area contributed by atoms with Crippen LogP contribution in [-0.4, -0.2) is 14.9 Å². The van der Waals surface area contributed by atoms with E-state index in [1.807, 2.05) is 0 Å². The highest BCUT2D eigenvalue weighted by Gasteiger charge is 2.13. The highest BCUT2D eigenvalue weighted by atomic mass is 32.1. The van der Waals surface area contributed by atoms with E-state index in [0.29, 0.717) is 10.6 Å². The highest BCUT2D eigenvalue weighted by Crippen LogP contribution is 2.33. The van der Waals surface area contributed by atoms with Gasteiger partial charge >= 0.3 is 5.00 Å². The first kappa shape index (κ1) is 9.53. The molecule has 0 radical (unpaired) electrons. The summed E-state index contributed by atoms with van der Waals surface area (Å²) in [7, 11) is 0. The van der Waals surface area contributed by atoms with E-state index in [1.54, 1.807) is 6.07 Å². The van der Waals surface area contributed by atoms with E-state index in [9.17, 15) is 10.1 Å². The highest BCUT2D eigenvalue weighted by molar-refractivity contribution is 7.18. The predicted octanol–water partition coefficient (Wildman–Crippen LogP) is 1.70. The SMILES string of the molecule is Nc1nccnc1-c1ccc([N+](=O)[O-])s1. The van der Waals surface area contributed by atoms with Crippen LogP contribution in [0.3, 0.4) is 0 Å². The van der Waals surface area contributed by atoms with Gasteiger partial charge in [0.15, 0.2) is 5.82 Å². The average Bonchev–Trinajstić information content (AvgIpc) is 2.67. The number of aromatic nitrogens is 2. The Bertz CT molecular complexity index is 511. The van der Waals surface area contributed by atoms with Crippen LogP contribution in [0.5, 0.6) is 0 Å². The Morgan fingerprint density at radius 1 is 1.33 bits per heavy atom. The molecule has 0 bridgehead atoms. The maximum absolute atomic E-state index is 10.5. The van der Waals surface area contributed by atoms with E-state index in [2.05, 4.69) is 9.97 Å². The van der Waals surface area contributed by atoms with E-state index < -0.39 is 4.92 Å². The lowest BCUT2D eigenvalue weighted by atomic mass is 10.3.